The maximum atomic E-state index is 4.65. The number of halogens is 1. The molecular weight excluding hydrogens is 416 g/mol. The number of rotatable bonds is 9. The van der Waals surface area contributed by atoms with Gasteiger partial charge in [-0.3, -0.25) is 4.90 Å². The normalized spacial score (nSPS) is 20.0. The van der Waals surface area contributed by atoms with E-state index in [1.54, 1.807) is 6.33 Å². The van der Waals surface area contributed by atoms with Crippen molar-refractivity contribution in [1.82, 2.24) is 24.8 Å². The van der Waals surface area contributed by atoms with Crippen LogP contribution in [0.2, 0.25) is 0 Å². The molecule has 1 aliphatic carbocycles. The predicted molar refractivity (Wildman–Crippen MR) is 119 cm³/mol. The van der Waals surface area contributed by atoms with Gasteiger partial charge in [-0.2, -0.15) is 0 Å². The summed E-state index contributed by atoms with van der Waals surface area (Å²) in [5.41, 5.74) is 0.917. The third kappa shape index (κ3) is 4.69. The first-order chi connectivity index (χ1) is 13.7. The Labute approximate surface area is 176 Å². The molecule has 0 amide bonds. The van der Waals surface area contributed by atoms with Gasteiger partial charge in [0.25, 0.3) is 0 Å². The Morgan fingerprint density at radius 1 is 1.25 bits per heavy atom. The minimum atomic E-state index is 0.652. The molecule has 3 heterocycles. The summed E-state index contributed by atoms with van der Waals surface area (Å²) in [6.07, 6.45) is 7.99. The van der Waals surface area contributed by atoms with Gasteiger partial charge in [0.2, 0.25) is 0 Å². The summed E-state index contributed by atoms with van der Waals surface area (Å²) >= 11 is 3.54. The largest absolute Gasteiger partial charge is 0.353 e. The maximum absolute atomic E-state index is 4.65. The lowest BCUT2D eigenvalue weighted by Gasteiger charge is -2.38. The second-order valence-corrected chi connectivity index (χ2v) is 9.22. The second kappa shape index (κ2) is 9.09. The van der Waals surface area contributed by atoms with Crippen molar-refractivity contribution in [2.75, 3.05) is 44.2 Å². The highest BCUT2D eigenvalue weighted by Gasteiger charge is 2.31. The number of fused-ring (bicyclic) bond motifs is 1. The lowest BCUT2D eigenvalue weighted by atomic mass is 10.1. The van der Waals surface area contributed by atoms with Crippen LogP contribution in [0.5, 0.6) is 0 Å². The molecule has 2 aliphatic rings. The molecule has 6 nitrogen and oxygen atoms in total. The van der Waals surface area contributed by atoms with Crippen LogP contribution in [0.15, 0.2) is 17.0 Å². The molecular formula is C21H33BrN6. The highest BCUT2D eigenvalue weighted by Crippen LogP contribution is 2.35. The third-order valence-corrected chi connectivity index (χ3v) is 6.65. The molecule has 154 valence electrons. The van der Waals surface area contributed by atoms with Crippen LogP contribution in [-0.2, 0) is 0 Å². The average molecular weight is 449 g/mol. The van der Waals surface area contributed by atoms with Crippen LogP contribution in [0.4, 0.5) is 5.82 Å². The van der Waals surface area contributed by atoms with Crippen LogP contribution in [-0.4, -0.2) is 76.1 Å². The van der Waals surface area contributed by atoms with E-state index in [1.807, 2.05) is 0 Å². The minimum Gasteiger partial charge on any atom is -0.353 e. The summed E-state index contributed by atoms with van der Waals surface area (Å²) in [6, 6.07) is 3.43. The van der Waals surface area contributed by atoms with Gasteiger partial charge in [0, 0.05) is 44.8 Å². The zero-order chi connectivity index (χ0) is 19.5. The van der Waals surface area contributed by atoms with E-state index in [0.717, 1.165) is 28.0 Å². The first-order valence-corrected chi connectivity index (χ1v) is 11.7. The molecule has 0 spiro atoms. The fourth-order valence-electron chi connectivity index (χ4n) is 4.45. The van der Waals surface area contributed by atoms with Crippen LogP contribution in [0.1, 0.15) is 46.0 Å². The van der Waals surface area contributed by atoms with Crippen molar-refractivity contribution in [3.8, 4) is 0 Å². The Morgan fingerprint density at radius 2 is 2.04 bits per heavy atom. The van der Waals surface area contributed by atoms with Crippen molar-refractivity contribution >= 4 is 32.8 Å². The van der Waals surface area contributed by atoms with Crippen LogP contribution in [0.25, 0.3) is 11.0 Å². The summed E-state index contributed by atoms with van der Waals surface area (Å²) in [4.78, 5) is 20.1. The number of anilines is 1. The van der Waals surface area contributed by atoms with E-state index in [9.17, 15) is 0 Å². The van der Waals surface area contributed by atoms with Gasteiger partial charge in [0.05, 0.1) is 9.99 Å². The maximum Gasteiger partial charge on any atom is 0.143 e. The van der Waals surface area contributed by atoms with E-state index < -0.39 is 0 Å². The molecule has 2 fully saturated rings. The molecule has 1 N–H and O–H groups in total. The van der Waals surface area contributed by atoms with Gasteiger partial charge in [-0.25, -0.2) is 9.97 Å². The molecule has 0 radical (unpaired) electrons. The van der Waals surface area contributed by atoms with E-state index in [-0.39, 0.29) is 0 Å². The van der Waals surface area contributed by atoms with E-state index in [0.29, 0.717) is 12.1 Å². The average Bonchev–Trinajstić information content (AvgIpc) is 3.46. The summed E-state index contributed by atoms with van der Waals surface area (Å²) in [5, 5.41) is 1.13. The Bertz CT molecular complexity index is 765. The molecule has 2 aromatic rings. The second-order valence-electron chi connectivity index (χ2n) is 8.37. The van der Waals surface area contributed by atoms with E-state index in [2.05, 4.69) is 65.5 Å². The van der Waals surface area contributed by atoms with E-state index in [4.69, 9.17) is 0 Å². The summed E-state index contributed by atoms with van der Waals surface area (Å²) in [7, 11) is 0. The number of aromatic amines is 1. The van der Waals surface area contributed by atoms with Gasteiger partial charge in [-0.15, -0.1) is 0 Å². The van der Waals surface area contributed by atoms with Crippen molar-refractivity contribution in [1.29, 1.82) is 0 Å². The molecule has 1 saturated carbocycles. The number of hydrogen-bond donors (Lipinski definition) is 1. The van der Waals surface area contributed by atoms with E-state index in [1.165, 1.54) is 64.8 Å². The summed E-state index contributed by atoms with van der Waals surface area (Å²) in [6.45, 7) is 11.9. The lowest BCUT2D eigenvalue weighted by molar-refractivity contribution is 0.0982. The van der Waals surface area contributed by atoms with Crippen LogP contribution >= 0.6 is 15.9 Å². The molecule has 1 unspecified atom stereocenters. The lowest BCUT2D eigenvalue weighted by Crippen LogP contribution is -2.49. The molecule has 7 heteroatoms. The number of nitrogens with zero attached hydrogens (tertiary/aromatic N) is 5. The first kappa shape index (κ1) is 20.1. The number of H-pyrrole nitrogens is 1. The molecule has 0 aromatic carbocycles. The Balaban J connectivity index is 1.32. The van der Waals surface area contributed by atoms with Gasteiger partial charge < -0.3 is 14.8 Å². The van der Waals surface area contributed by atoms with Crippen molar-refractivity contribution < 1.29 is 0 Å². The minimum absolute atomic E-state index is 0.652. The van der Waals surface area contributed by atoms with Gasteiger partial charge in [0.1, 0.15) is 17.8 Å². The van der Waals surface area contributed by atoms with Gasteiger partial charge in [0.15, 0.2) is 0 Å². The predicted octanol–water partition coefficient (Wildman–Crippen LogP) is 3.89. The van der Waals surface area contributed by atoms with Crippen molar-refractivity contribution in [2.45, 2.75) is 58.0 Å². The van der Waals surface area contributed by atoms with Crippen LogP contribution < -0.4 is 4.90 Å². The molecule has 2 aromatic heterocycles. The molecule has 4 rings (SSSR count). The number of piperazine rings is 1. The molecule has 1 aliphatic heterocycles. The highest BCUT2D eigenvalue weighted by molar-refractivity contribution is 9.10. The Morgan fingerprint density at radius 3 is 2.75 bits per heavy atom. The topological polar surface area (TPSA) is 51.3 Å². The fraction of sp³-hybridized carbons (Fsp3) is 0.714. The zero-order valence-corrected chi connectivity index (χ0v) is 18.8. The van der Waals surface area contributed by atoms with Gasteiger partial charge in [-0.1, -0.05) is 6.92 Å². The van der Waals surface area contributed by atoms with Crippen molar-refractivity contribution in [3.63, 3.8) is 0 Å². The SMILES string of the molecule is CCCN1CCN(C(C)CCCN(c2ncnc3[nH]c(Br)cc23)C2CC2)CC1. The first-order valence-electron chi connectivity index (χ1n) is 10.9. The zero-order valence-electron chi connectivity index (χ0n) is 17.2. The molecule has 1 atom stereocenters. The number of hydrogen-bond acceptors (Lipinski definition) is 5. The van der Waals surface area contributed by atoms with Crippen molar-refractivity contribution in [3.05, 3.63) is 17.0 Å². The van der Waals surface area contributed by atoms with Crippen molar-refractivity contribution in [2.24, 2.45) is 0 Å². The molecule has 0 bridgehead atoms. The highest BCUT2D eigenvalue weighted by atomic mass is 79.9. The van der Waals surface area contributed by atoms with Crippen LogP contribution in [0.3, 0.4) is 0 Å². The Kier molecular flexibility index (Phi) is 6.53. The fourth-order valence-corrected chi connectivity index (χ4v) is 4.87. The quantitative estimate of drug-likeness (QED) is 0.630. The number of aromatic nitrogens is 3. The number of nitrogens with one attached hydrogen (secondary N) is 1. The van der Waals surface area contributed by atoms with Gasteiger partial charge >= 0.3 is 0 Å². The summed E-state index contributed by atoms with van der Waals surface area (Å²) < 4.78 is 0.968. The molecule has 28 heavy (non-hydrogen) atoms. The smallest absolute Gasteiger partial charge is 0.143 e. The van der Waals surface area contributed by atoms with E-state index >= 15 is 0 Å². The summed E-state index contributed by atoms with van der Waals surface area (Å²) in [5.74, 6) is 1.09. The standard InChI is InChI=1S/C21H33BrN6/c1-3-8-26-10-12-27(13-11-26)16(2)5-4-9-28(17-6-7-17)21-18-14-19(22)25-20(18)23-15-24-21/h14-17H,3-13H2,1-2H3,(H,23,24,25). The third-order valence-electron chi connectivity index (χ3n) is 6.22. The van der Waals surface area contributed by atoms with Crippen LogP contribution in [0, 0.1) is 0 Å². The monoisotopic (exact) mass is 448 g/mol. The Hall–Kier alpha value is -1.18. The molecule has 1 saturated heterocycles. The van der Waals surface area contributed by atoms with Gasteiger partial charge in [-0.05, 0) is 67.6 Å².